The van der Waals surface area contributed by atoms with E-state index in [0.717, 1.165) is 16.7 Å². The van der Waals surface area contributed by atoms with Gasteiger partial charge in [-0.25, -0.2) is 9.78 Å². The number of carbonyl (C=O) groups excluding carboxylic acids is 2. The first-order valence-electron chi connectivity index (χ1n) is 7.87. The van der Waals surface area contributed by atoms with E-state index in [1.54, 1.807) is 12.3 Å². The standard InChI is InChI=1S/C18H22N4O3/c1-12-6-3-4-8-14(12)15(22-18(19)24)10-16(23)21-11-13-7-5-9-20-17(13)25-2/h3-9,15H,10-11H2,1-2H3,(H,21,23)(H3,19,22,24)/t15-/m1/s1. The molecule has 0 bridgehead atoms. The van der Waals surface area contributed by atoms with Crippen molar-refractivity contribution in [3.05, 3.63) is 59.3 Å². The zero-order chi connectivity index (χ0) is 18.2. The average molecular weight is 342 g/mol. The Morgan fingerprint density at radius 2 is 2.00 bits per heavy atom. The molecule has 1 aromatic carbocycles. The number of benzene rings is 1. The summed E-state index contributed by atoms with van der Waals surface area (Å²) in [7, 11) is 1.53. The molecule has 132 valence electrons. The largest absolute Gasteiger partial charge is 0.481 e. The highest BCUT2D eigenvalue weighted by atomic mass is 16.5. The van der Waals surface area contributed by atoms with E-state index in [9.17, 15) is 9.59 Å². The second kappa shape index (κ2) is 8.68. The number of nitrogens with one attached hydrogen (secondary N) is 2. The van der Waals surface area contributed by atoms with Gasteiger partial charge in [-0.2, -0.15) is 0 Å². The fourth-order valence-electron chi connectivity index (χ4n) is 2.58. The molecule has 0 saturated carbocycles. The molecule has 0 aliphatic heterocycles. The van der Waals surface area contributed by atoms with Crippen LogP contribution in [0, 0.1) is 6.92 Å². The fourth-order valence-corrected chi connectivity index (χ4v) is 2.58. The van der Waals surface area contributed by atoms with Gasteiger partial charge in [0.05, 0.1) is 19.6 Å². The normalized spacial score (nSPS) is 11.4. The molecule has 1 heterocycles. The average Bonchev–Trinajstić information content (AvgIpc) is 2.59. The monoisotopic (exact) mass is 342 g/mol. The van der Waals surface area contributed by atoms with Crippen LogP contribution >= 0.6 is 0 Å². The highest BCUT2D eigenvalue weighted by Gasteiger charge is 2.19. The number of amides is 3. The van der Waals surface area contributed by atoms with Crippen molar-refractivity contribution in [2.45, 2.75) is 25.9 Å². The van der Waals surface area contributed by atoms with E-state index in [2.05, 4.69) is 15.6 Å². The predicted molar refractivity (Wildman–Crippen MR) is 93.9 cm³/mol. The second-order valence-corrected chi connectivity index (χ2v) is 5.57. The number of carbonyl (C=O) groups is 2. The van der Waals surface area contributed by atoms with Crippen LogP contribution in [0.1, 0.15) is 29.2 Å². The van der Waals surface area contributed by atoms with Crippen LogP contribution in [0.4, 0.5) is 4.79 Å². The number of aryl methyl sites for hydroxylation is 1. The molecule has 0 aliphatic rings. The summed E-state index contributed by atoms with van der Waals surface area (Å²) in [5.74, 6) is 0.251. The molecule has 4 N–H and O–H groups in total. The molecule has 0 spiro atoms. The lowest BCUT2D eigenvalue weighted by Gasteiger charge is -2.19. The van der Waals surface area contributed by atoms with E-state index in [1.807, 2.05) is 37.3 Å². The van der Waals surface area contributed by atoms with Crippen molar-refractivity contribution < 1.29 is 14.3 Å². The van der Waals surface area contributed by atoms with Gasteiger partial charge >= 0.3 is 6.03 Å². The van der Waals surface area contributed by atoms with Crippen LogP contribution in [0.15, 0.2) is 42.6 Å². The van der Waals surface area contributed by atoms with E-state index in [-0.39, 0.29) is 18.9 Å². The molecule has 7 nitrogen and oxygen atoms in total. The lowest BCUT2D eigenvalue weighted by molar-refractivity contribution is -0.121. The Kier molecular flexibility index (Phi) is 6.33. The van der Waals surface area contributed by atoms with Crippen LogP contribution in [0.25, 0.3) is 0 Å². The number of nitrogens with two attached hydrogens (primary N) is 1. The Morgan fingerprint density at radius 1 is 1.24 bits per heavy atom. The minimum absolute atomic E-state index is 0.0797. The molecule has 0 saturated heterocycles. The Balaban J connectivity index is 2.04. The quantitative estimate of drug-likeness (QED) is 0.713. The molecule has 0 unspecified atom stereocenters. The van der Waals surface area contributed by atoms with E-state index in [4.69, 9.17) is 10.5 Å². The molecule has 25 heavy (non-hydrogen) atoms. The summed E-state index contributed by atoms with van der Waals surface area (Å²) >= 11 is 0. The van der Waals surface area contributed by atoms with E-state index >= 15 is 0 Å². The van der Waals surface area contributed by atoms with Crippen LogP contribution in [-0.4, -0.2) is 24.0 Å². The number of methoxy groups -OCH3 is 1. The third kappa shape index (κ3) is 5.20. The fraction of sp³-hybridized carbons (Fsp3) is 0.278. The van der Waals surface area contributed by atoms with Gasteiger partial charge in [-0.15, -0.1) is 0 Å². The predicted octanol–water partition coefficient (Wildman–Crippen LogP) is 1.81. The van der Waals surface area contributed by atoms with Gasteiger partial charge in [0.25, 0.3) is 0 Å². The Morgan fingerprint density at radius 3 is 2.68 bits per heavy atom. The first-order chi connectivity index (χ1) is 12.0. The second-order valence-electron chi connectivity index (χ2n) is 5.57. The first-order valence-corrected chi connectivity index (χ1v) is 7.87. The number of hydrogen-bond acceptors (Lipinski definition) is 4. The molecule has 1 atom stereocenters. The van der Waals surface area contributed by atoms with Crippen molar-refractivity contribution in [1.82, 2.24) is 15.6 Å². The number of pyridine rings is 1. The van der Waals surface area contributed by atoms with Gasteiger partial charge < -0.3 is 21.1 Å². The van der Waals surface area contributed by atoms with E-state index in [1.165, 1.54) is 7.11 Å². The maximum Gasteiger partial charge on any atom is 0.312 e. The molecule has 2 aromatic rings. The highest BCUT2D eigenvalue weighted by Crippen LogP contribution is 2.21. The van der Waals surface area contributed by atoms with Crippen LogP contribution < -0.4 is 21.1 Å². The van der Waals surface area contributed by atoms with Crippen LogP contribution in [0.5, 0.6) is 5.88 Å². The highest BCUT2D eigenvalue weighted by molar-refractivity contribution is 5.79. The van der Waals surface area contributed by atoms with Gasteiger partial charge in [0.1, 0.15) is 0 Å². The van der Waals surface area contributed by atoms with Crippen molar-refractivity contribution >= 4 is 11.9 Å². The SMILES string of the molecule is COc1ncccc1CNC(=O)C[C@@H](NC(N)=O)c1ccccc1C. The van der Waals surface area contributed by atoms with Crippen LogP contribution in [0.2, 0.25) is 0 Å². The molecular formula is C18H22N4O3. The van der Waals surface area contributed by atoms with Crippen LogP contribution in [0.3, 0.4) is 0 Å². The van der Waals surface area contributed by atoms with Gasteiger partial charge in [0.2, 0.25) is 11.8 Å². The van der Waals surface area contributed by atoms with Crippen molar-refractivity contribution in [1.29, 1.82) is 0 Å². The van der Waals surface area contributed by atoms with Crippen LogP contribution in [-0.2, 0) is 11.3 Å². The lowest BCUT2D eigenvalue weighted by atomic mass is 9.98. The maximum absolute atomic E-state index is 12.3. The third-order valence-corrected chi connectivity index (χ3v) is 3.79. The van der Waals surface area contributed by atoms with Crippen molar-refractivity contribution in [2.75, 3.05) is 7.11 Å². The Hall–Kier alpha value is -3.09. The summed E-state index contributed by atoms with van der Waals surface area (Å²) in [6, 6.07) is 9.98. The Labute approximate surface area is 146 Å². The van der Waals surface area contributed by atoms with Gasteiger partial charge in [-0.05, 0) is 24.1 Å². The molecule has 0 radical (unpaired) electrons. The van der Waals surface area contributed by atoms with E-state index < -0.39 is 12.1 Å². The number of nitrogens with zero attached hydrogens (tertiary/aromatic N) is 1. The Bertz CT molecular complexity index is 749. The molecule has 3 amide bonds. The molecule has 7 heteroatoms. The lowest BCUT2D eigenvalue weighted by Crippen LogP contribution is -2.36. The number of aromatic nitrogens is 1. The van der Waals surface area contributed by atoms with Gasteiger partial charge in [0, 0.05) is 18.3 Å². The molecule has 0 fully saturated rings. The zero-order valence-electron chi connectivity index (χ0n) is 14.3. The summed E-state index contributed by atoms with van der Waals surface area (Å²) < 4.78 is 5.16. The summed E-state index contributed by atoms with van der Waals surface area (Å²) in [6.45, 7) is 2.20. The minimum Gasteiger partial charge on any atom is -0.481 e. The smallest absolute Gasteiger partial charge is 0.312 e. The van der Waals surface area contributed by atoms with Gasteiger partial charge in [-0.3, -0.25) is 4.79 Å². The zero-order valence-corrected chi connectivity index (χ0v) is 14.3. The number of urea groups is 1. The topological polar surface area (TPSA) is 106 Å². The first kappa shape index (κ1) is 18.3. The molecule has 2 rings (SSSR count). The maximum atomic E-state index is 12.3. The summed E-state index contributed by atoms with van der Waals surface area (Å²) in [4.78, 5) is 27.7. The summed E-state index contributed by atoms with van der Waals surface area (Å²) in [5.41, 5.74) is 7.86. The summed E-state index contributed by atoms with van der Waals surface area (Å²) in [6.07, 6.45) is 1.70. The summed E-state index contributed by atoms with van der Waals surface area (Å²) in [5, 5.41) is 5.45. The van der Waals surface area contributed by atoms with Gasteiger partial charge in [0.15, 0.2) is 0 Å². The van der Waals surface area contributed by atoms with Crippen molar-refractivity contribution in [3.8, 4) is 5.88 Å². The molecule has 1 aromatic heterocycles. The van der Waals surface area contributed by atoms with Crippen molar-refractivity contribution in [2.24, 2.45) is 5.73 Å². The third-order valence-electron chi connectivity index (χ3n) is 3.79. The minimum atomic E-state index is -0.671. The number of rotatable bonds is 7. The van der Waals surface area contributed by atoms with E-state index in [0.29, 0.717) is 5.88 Å². The van der Waals surface area contributed by atoms with Gasteiger partial charge in [-0.1, -0.05) is 30.3 Å². The molecule has 0 aliphatic carbocycles. The number of ether oxygens (including phenoxy) is 1. The van der Waals surface area contributed by atoms with Crippen molar-refractivity contribution in [3.63, 3.8) is 0 Å². The number of primary amides is 1. The number of hydrogen-bond donors (Lipinski definition) is 3. The molecular weight excluding hydrogens is 320 g/mol.